The molecule has 0 radical (unpaired) electrons. The summed E-state index contributed by atoms with van der Waals surface area (Å²) in [4.78, 5) is 11.3. The Morgan fingerprint density at radius 3 is 2.76 bits per heavy atom. The molecule has 0 atom stereocenters. The number of aromatic nitrogens is 2. The van der Waals surface area contributed by atoms with Crippen LogP contribution in [0, 0.1) is 0 Å². The highest BCUT2D eigenvalue weighted by Gasteiger charge is 2.20. The van der Waals surface area contributed by atoms with Crippen LogP contribution >= 0.6 is 0 Å². The fourth-order valence-corrected chi connectivity index (χ4v) is 1.97. The molecule has 94 valence electrons. The van der Waals surface area contributed by atoms with E-state index in [0.717, 1.165) is 25.3 Å². The first kappa shape index (κ1) is 12.1. The SMILES string of the molecule is CNc1nc2c(c(N(C)C(C)C)n1)CNCC2. The van der Waals surface area contributed by atoms with Crippen LogP contribution in [-0.4, -0.2) is 36.6 Å². The van der Waals surface area contributed by atoms with E-state index in [1.165, 1.54) is 11.3 Å². The molecule has 0 saturated carbocycles. The Labute approximate surface area is 103 Å². The second-order valence-electron chi connectivity index (χ2n) is 4.68. The molecule has 0 fully saturated rings. The van der Waals surface area contributed by atoms with Gasteiger partial charge in [0.25, 0.3) is 0 Å². The van der Waals surface area contributed by atoms with Crippen molar-refractivity contribution in [2.45, 2.75) is 32.9 Å². The van der Waals surface area contributed by atoms with Gasteiger partial charge in [0.05, 0.1) is 5.69 Å². The summed E-state index contributed by atoms with van der Waals surface area (Å²) in [6.07, 6.45) is 0.978. The third-order valence-corrected chi connectivity index (χ3v) is 3.24. The molecule has 0 unspecified atom stereocenters. The van der Waals surface area contributed by atoms with Gasteiger partial charge >= 0.3 is 0 Å². The third kappa shape index (κ3) is 2.34. The second-order valence-corrected chi connectivity index (χ2v) is 4.68. The van der Waals surface area contributed by atoms with Crippen LogP contribution in [0.15, 0.2) is 0 Å². The van der Waals surface area contributed by atoms with Gasteiger partial charge in [-0.25, -0.2) is 4.98 Å². The Balaban J connectivity index is 2.47. The van der Waals surface area contributed by atoms with Gasteiger partial charge in [-0.1, -0.05) is 0 Å². The van der Waals surface area contributed by atoms with E-state index in [1.54, 1.807) is 0 Å². The summed E-state index contributed by atoms with van der Waals surface area (Å²) in [6.45, 7) is 6.21. The molecule has 0 saturated heterocycles. The number of hydrogen-bond acceptors (Lipinski definition) is 5. The molecule has 0 aliphatic carbocycles. The minimum Gasteiger partial charge on any atom is -0.357 e. The van der Waals surface area contributed by atoms with E-state index in [2.05, 4.69) is 46.4 Å². The standard InChI is InChI=1S/C12H21N5/c1-8(2)17(4)11-9-7-14-6-5-10(9)15-12(13-3)16-11/h8,14H,5-7H2,1-4H3,(H,13,15,16). The van der Waals surface area contributed by atoms with Gasteiger partial charge in [-0.15, -0.1) is 0 Å². The zero-order valence-corrected chi connectivity index (χ0v) is 11.0. The Kier molecular flexibility index (Phi) is 3.47. The van der Waals surface area contributed by atoms with Gasteiger partial charge < -0.3 is 15.5 Å². The first-order chi connectivity index (χ1) is 8.13. The summed E-state index contributed by atoms with van der Waals surface area (Å²) in [7, 11) is 3.95. The molecule has 1 aromatic rings. The molecule has 1 aromatic heterocycles. The molecule has 1 aliphatic rings. The van der Waals surface area contributed by atoms with Crippen molar-refractivity contribution in [1.82, 2.24) is 15.3 Å². The average molecular weight is 235 g/mol. The molecule has 2 rings (SSSR count). The van der Waals surface area contributed by atoms with Crippen molar-refractivity contribution < 1.29 is 0 Å². The summed E-state index contributed by atoms with van der Waals surface area (Å²) in [5, 5.41) is 6.43. The van der Waals surface area contributed by atoms with E-state index < -0.39 is 0 Å². The lowest BCUT2D eigenvalue weighted by Gasteiger charge is -2.28. The van der Waals surface area contributed by atoms with Gasteiger partial charge in [0.15, 0.2) is 0 Å². The van der Waals surface area contributed by atoms with E-state index in [9.17, 15) is 0 Å². The van der Waals surface area contributed by atoms with Crippen molar-refractivity contribution in [3.8, 4) is 0 Å². The molecule has 5 nitrogen and oxygen atoms in total. The van der Waals surface area contributed by atoms with Crippen LogP contribution in [0.1, 0.15) is 25.1 Å². The number of hydrogen-bond donors (Lipinski definition) is 2. The highest BCUT2D eigenvalue weighted by Crippen LogP contribution is 2.25. The maximum absolute atomic E-state index is 4.59. The molecule has 5 heteroatoms. The molecule has 2 heterocycles. The number of anilines is 2. The topological polar surface area (TPSA) is 53.1 Å². The Morgan fingerprint density at radius 1 is 1.35 bits per heavy atom. The van der Waals surface area contributed by atoms with E-state index >= 15 is 0 Å². The summed E-state index contributed by atoms with van der Waals surface area (Å²) >= 11 is 0. The number of nitrogens with one attached hydrogen (secondary N) is 2. The lowest BCUT2D eigenvalue weighted by Crippen LogP contribution is -2.32. The summed E-state index contributed by atoms with van der Waals surface area (Å²) in [6, 6.07) is 0.431. The predicted octanol–water partition coefficient (Wildman–Crippen LogP) is 1.01. The number of fused-ring (bicyclic) bond motifs is 1. The first-order valence-electron chi connectivity index (χ1n) is 6.14. The van der Waals surface area contributed by atoms with E-state index in [4.69, 9.17) is 0 Å². The molecular weight excluding hydrogens is 214 g/mol. The Hall–Kier alpha value is -1.36. The van der Waals surface area contributed by atoms with Gasteiger partial charge in [0, 0.05) is 45.2 Å². The fourth-order valence-electron chi connectivity index (χ4n) is 1.97. The van der Waals surface area contributed by atoms with Gasteiger partial charge in [0.2, 0.25) is 5.95 Å². The van der Waals surface area contributed by atoms with Crippen LogP contribution in [-0.2, 0) is 13.0 Å². The predicted molar refractivity (Wildman–Crippen MR) is 70.5 cm³/mol. The summed E-state index contributed by atoms with van der Waals surface area (Å²) < 4.78 is 0. The van der Waals surface area contributed by atoms with E-state index in [0.29, 0.717) is 12.0 Å². The summed E-state index contributed by atoms with van der Waals surface area (Å²) in [5.41, 5.74) is 2.41. The molecule has 0 bridgehead atoms. The Morgan fingerprint density at radius 2 is 2.12 bits per heavy atom. The van der Waals surface area contributed by atoms with Crippen LogP contribution in [0.25, 0.3) is 0 Å². The van der Waals surface area contributed by atoms with Gasteiger partial charge in [0.1, 0.15) is 5.82 Å². The highest BCUT2D eigenvalue weighted by molar-refractivity contribution is 5.53. The molecule has 0 aromatic carbocycles. The maximum atomic E-state index is 4.59. The minimum absolute atomic E-state index is 0.431. The lowest BCUT2D eigenvalue weighted by molar-refractivity contribution is 0.619. The molecule has 0 spiro atoms. The minimum atomic E-state index is 0.431. The van der Waals surface area contributed by atoms with E-state index in [-0.39, 0.29) is 0 Å². The van der Waals surface area contributed by atoms with Crippen molar-refractivity contribution in [2.75, 3.05) is 30.9 Å². The normalized spacial score (nSPS) is 14.6. The average Bonchev–Trinajstić information content (AvgIpc) is 2.36. The zero-order chi connectivity index (χ0) is 12.4. The molecular formula is C12H21N5. The zero-order valence-electron chi connectivity index (χ0n) is 11.0. The van der Waals surface area contributed by atoms with Crippen LogP contribution in [0.4, 0.5) is 11.8 Å². The Bertz CT molecular complexity index is 402. The fraction of sp³-hybridized carbons (Fsp3) is 0.667. The van der Waals surface area contributed by atoms with Crippen LogP contribution < -0.4 is 15.5 Å². The third-order valence-electron chi connectivity index (χ3n) is 3.24. The molecule has 17 heavy (non-hydrogen) atoms. The molecule has 1 aliphatic heterocycles. The largest absolute Gasteiger partial charge is 0.357 e. The summed E-state index contributed by atoms with van der Waals surface area (Å²) in [5.74, 6) is 1.76. The van der Waals surface area contributed by atoms with Crippen molar-refractivity contribution in [3.63, 3.8) is 0 Å². The smallest absolute Gasteiger partial charge is 0.224 e. The first-order valence-corrected chi connectivity index (χ1v) is 6.14. The number of rotatable bonds is 3. The quantitative estimate of drug-likeness (QED) is 0.819. The van der Waals surface area contributed by atoms with Gasteiger partial charge in [-0.3, -0.25) is 0 Å². The highest BCUT2D eigenvalue weighted by atomic mass is 15.2. The maximum Gasteiger partial charge on any atom is 0.224 e. The second kappa shape index (κ2) is 4.87. The monoisotopic (exact) mass is 235 g/mol. The van der Waals surface area contributed by atoms with Crippen LogP contribution in [0.5, 0.6) is 0 Å². The van der Waals surface area contributed by atoms with Gasteiger partial charge in [-0.05, 0) is 13.8 Å². The van der Waals surface area contributed by atoms with Crippen molar-refractivity contribution in [2.24, 2.45) is 0 Å². The van der Waals surface area contributed by atoms with Crippen molar-refractivity contribution in [3.05, 3.63) is 11.3 Å². The van der Waals surface area contributed by atoms with Gasteiger partial charge in [-0.2, -0.15) is 4.98 Å². The molecule has 0 amide bonds. The number of nitrogens with zero attached hydrogens (tertiary/aromatic N) is 3. The van der Waals surface area contributed by atoms with Crippen molar-refractivity contribution >= 4 is 11.8 Å². The molecule has 2 N–H and O–H groups in total. The van der Waals surface area contributed by atoms with Crippen molar-refractivity contribution in [1.29, 1.82) is 0 Å². The van der Waals surface area contributed by atoms with Crippen LogP contribution in [0.3, 0.4) is 0 Å². The van der Waals surface area contributed by atoms with Crippen LogP contribution in [0.2, 0.25) is 0 Å². The van der Waals surface area contributed by atoms with E-state index in [1.807, 2.05) is 7.05 Å². The lowest BCUT2D eigenvalue weighted by atomic mass is 10.1.